The molecule has 4 heteroatoms. The van der Waals surface area contributed by atoms with Crippen LogP contribution in [0.2, 0.25) is 0 Å². The largest absolute Gasteiger partial charge is 0.468 e. The number of esters is 1. The third-order valence-electron chi connectivity index (χ3n) is 1.91. The molecule has 0 aliphatic heterocycles. The van der Waals surface area contributed by atoms with Crippen molar-refractivity contribution in [2.75, 3.05) is 7.11 Å². The lowest BCUT2D eigenvalue weighted by Gasteiger charge is -2.11. The number of hydrogen-bond acceptors (Lipinski definition) is 2. The van der Waals surface area contributed by atoms with Crippen molar-refractivity contribution in [1.82, 2.24) is 0 Å². The van der Waals surface area contributed by atoms with E-state index in [1.165, 1.54) is 12.6 Å². The van der Waals surface area contributed by atoms with E-state index in [0.717, 1.165) is 5.56 Å². The molecule has 0 radical (unpaired) electrons. The van der Waals surface area contributed by atoms with E-state index in [2.05, 4.69) is 4.74 Å². The first-order valence-corrected chi connectivity index (χ1v) is 5.15. The minimum absolute atomic E-state index is 0.521. The summed E-state index contributed by atoms with van der Waals surface area (Å²) in [6.07, 6.45) is 0. The molecule has 0 aromatic heterocycles. The Balaban J connectivity index is 2.96. The molecule has 0 heterocycles. The maximum Gasteiger partial charge on any atom is 0.328 e. The molecule has 0 amide bonds. The van der Waals surface area contributed by atoms with Crippen LogP contribution in [0.25, 0.3) is 5.57 Å². The molecule has 0 N–H and O–H groups in total. The second kappa shape index (κ2) is 5.79. The number of halogens is 2. The molecular weight excluding hydrogens is 235 g/mol. The molecule has 0 fully saturated rings. The van der Waals surface area contributed by atoms with Gasteiger partial charge in [-0.2, -0.15) is 0 Å². The maximum absolute atomic E-state index is 11.2. The molecule has 2 nitrogen and oxygen atoms in total. The van der Waals surface area contributed by atoms with Crippen molar-refractivity contribution in [3.63, 3.8) is 0 Å². The first-order valence-electron chi connectivity index (χ1n) is 4.28. The van der Waals surface area contributed by atoms with Crippen molar-refractivity contribution in [2.24, 2.45) is 0 Å². The summed E-state index contributed by atoms with van der Waals surface area (Å²) in [7, 11) is 1.29. The number of carbonyl (C=O) groups is 1. The topological polar surface area (TPSA) is 26.3 Å². The highest BCUT2D eigenvalue weighted by Crippen LogP contribution is 2.24. The SMILES string of the molecule is COC(=O)C(Cl)/C(=C\Cl)c1ccccc1. The Kier molecular flexibility index (Phi) is 4.66. The van der Waals surface area contributed by atoms with Gasteiger partial charge < -0.3 is 4.74 Å². The van der Waals surface area contributed by atoms with Gasteiger partial charge >= 0.3 is 5.97 Å². The van der Waals surface area contributed by atoms with E-state index in [4.69, 9.17) is 23.2 Å². The fraction of sp³-hybridized carbons (Fsp3) is 0.182. The molecular formula is C11H10Cl2O2. The van der Waals surface area contributed by atoms with Crippen LogP contribution in [0, 0.1) is 0 Å². The highest BCUT2D eigenvalue weighted by atomic mass is 35.5. The van der Waals surface area contributed by atoms with Gasteiger partial charge in [-0.1, -0.05) is 41.9 Å². The third kappa shape index (κ3) is 2.98. The zero-order chi connectivity index (χ0) is 11.3. The average molecular weight is 245 g/mol. The minimum Gasteiger partial charge on any atom is -0.468 e. The smallest absolute Gasteiger partial charge is 0.328 e. The summed E-state index contributed by atoms with van der Waals surface area (Å²) in [6, 6.07) is 9.21. The van der Waals surface area contributed by atoms with E-state index in [9.17, 15) is 4.79 Å². The van der Waals surface area contributed by atoms with E-state index in [1.54, 1.807) is 0 Å². The van der Waals surface area contributed by atoms with Gasteiger partial charge in [0, 0.05) is 5.54 Å². The van der Waals surface area contributed by atoms with Gasteiger partial charge in [-0.3, -0.25) is 4.79 Å². The summed E-state index contributed by atoms with van der Waals surface area (Å²) >= 11 is 11.5. The lowest BCUT2D eigenvalue weighted by molar-refractivity contribution is -0.138. The fourth-order valence-electron chi connectivity index (χ4n) is 1.13. The van der Waals surface area contributed by atoms with Gasteiger partial charge in [0.15, 0.2) is 5.38 Å². The van der Waals surface area contributed by atoms with Crippen LogP contribution < -0.4 is 0 Å². The number of ether oxygens (including phenoxy) is 1. The molecule has 15 heavy (non-hydrogen) atoms. The van der Waals surface area contributed by atoms with Gasteiger partial charge in [0.05, 0.1) is 7.11 Å². The molecule has 1 aromatic rings. The van der Waals surface area contributed by atoms with Crippen LogP contribution in [0.3, 0.4) is 0 Å². The monoisotopic (exact) mass is 244 g/mol. The van der Waals surface area contributed by atoms with Crippen molar-refractivity contribution in [3.8, 4) is 0 Å². The summed E-state index contributed by atoms with van der Waals surface area (Å²) in [5, 5.41) is -0.880. The maximum atomic E-state index is 11.2. The van der Waals surface area contributed by atoms with E-state index in [-0.39, 0.29) is 0 Å². The summed E-state index contributed by atoms with van der Waals surface area (Å²) in [6.45, 7) is 0. The zero-order valence-electron chi connectivity index (χ0n) is 8.11. The minimum atomic E-state index is -0.880. The highest BCUT2D eigenvalue weighted by molar-refractivity contribution is 6.39. The highest BCUT2D eigenvalue weighted by Gasteiger charge is 2.21. The van der Waals surface area contributed by atoms with Crippen LogP contribution in [-0.2, 0) is 9.53 Å². The predicted octanol–water partition coefficient (Wildman–Crippen LogP) is 3.05. The summed E-state index contributed by atoms with van der Waals surface area (Å²) in [4.78, 5) is 11.2. The van der Waals surface area contributed by atoms with Crippen LogP contribution in [0.5, 0.6) is 0 Å². The molecule has 1 atom stereocenters. The Morgan fingerprint density at radius 1 is 1.40 bits per heavy atom. The number of hydrogen-bond donors (Lipinski definition) is 0. The van der Waals surface area contributed by atoms with Gasteiger partial charge in [-0.05, 0) is 11.1 Å². The van der Waals surface area contributed by atoms with E-state index in [1.807, 2.05) is 30.3 Å². The fourth-order valence-corrected chi connectivity index (χ4v) is 1.72. The number of rotatable bonds is 3. The normalized spacial score (nSPS) is 13.4. The molecule has 0 aliphatic carbocycles. The van der Waals surface area contributed by atoms with Crippen LogP contribution in [-0.4, -0.2) is 18.5 Å². The lowest BCUT2D eigenvalue weighted by atomic mass is 10.0. The van der Waals surface area contributed by atoms with Crippen molar-refractivity contribution in [1.29, 1.82) is 0 Å². The first kappa shape index (κ1) is 12.1. The quantitative estimate of drug-likeness (QED) is 0.604. The molecule has 1 rings (SSSR count). The Bertz CT molecular complexity index is 360. The molecule has 0 spiro atoms. The van der Waals surface area contributed by atoms with Crippen molar-refractivity contribution in [3.05, 3.63) is 41.4 Å². The standard InChI is InChI=1S/C11H10Cl2O2/c1-15-11(14)10(13)9(7-12)8-5-3-2-4-6-8/h2-7,10H,1H3/b9-7-. The Morgan fingerprint density at radius 2 is 2.00 bits per heavy atom. The van der Waals surface area contributed by atoms with Gasteiger partial charge in [0.2, 0.25) is 0 Å². The van der Waals surface area contributed by atoms with Crippen LogP contribution >= 0.6 is 23.2 Å². The molecule has 0 saturated heterocycles. The molecule has 0 saturated carbocycles. The second-order valence-electron chi connectivity index (χ2n) is 2.82. The number of carbonyl (C=O) groups excluding carboxylic acids is 1. The third-order valence-corrected chi connectivity index (χ3v) is 2.55. The summed E-state index contributed by atoms with van der Waals surface area (Å²) < 4.78 is 4.55. The predicted molar refractivity (Wildman–Crippen MR) is 61.9 cm³/mol. The summed E-state index contributed by atoms with van der Waals surface area (Å²) in [5.41, 5.74) is 2.63. The van der Waals surface area contributed by atoms with Gasteiger partial charge in [-0.15, -0.1) is 11.6 Å². The Morgan fingerprint density at radius 3 is 2.47 bits per heavy atom. The first-order chi connectivity index (χ1) is 7.20. The average Bonchev–Trinajstić information content (AvgIpc) is 2.30. The van der Waals surface area contributed by atoms with Crippen molar-refractivity contribution in [2.45, 2.75) is 5.38 Å². The number of methoxy groups -OCH3 is 1. The van der Waals surface area contributed by atoms with Crippen LogP contribution in [0.1, 0.15) is 5.56 Å². The van der Waals surface area contributed by atoms with Gasteiger partial charge in [-0.25, -0.2) is 0 Å². The van der Waals surface area contributed by atoms with Crippen molar-refractivity contribution < 1.29 is 9.53 Å². The molecule has 80 valence electrons. The second-order valence-corrected chi connectivity index (χ2v) is 3.47. The molecule has 1 unspecified atom stereocenters. The number of alkyl halides is 1. The van der Waals surface area contributed by atoms with Gasteiger partial charge in [0.1, 0.15) is 0 Å². The number of benzene rings is 1. The van der Waals surface area contributed by atoms with Gasteiger partial charge in [0.25, 0.3) is 0 Å². The lowest BCUT2D eigenvalue weighted by Crippen LogP contribution is -2.17. The van der Waals surface area contributed by atoms with E-state index < -0.39 is 11.3 Å². The van der Waals surface area contributed by atoms with Crippen molar-refractivity contribution >= 4 is 34.7 Å². The summed E-state index contributed by atoms with van der Waals surface area (Å²) in [5.74, 6) is -0.521. The van der Waals surface area contributed by atoms with E-state index in [0.29, 0.717) is 5.57 Å². The molecule has 0 bridgehead atoms. The van der Waals surface area contributed by atoms with Crippen LogP contribution in [0.15, 0.2) is 35.9 Å². The van der Waals surface area contributed by atoms with E-state index >= 15 is 0 Å². The molecule has 0 aliphatic rings. The molecule has 1 aromatic carbocycles. The Labute approximate surface area is 98.4 Å². The zero-order valence-corrected chi connectivity index (χ0v) is 9.63. The van der Waals surface area contributed by atoms with Crippen LogP contribution in [0.4, 0.5) is 0 Å². The Hall–Kier alpha value is -0.990.